The van der Waals surface area contributed by atoms with E-state index in [4.69, 9.17) is 8.92 Å². The molecule has 1 amide bonds. The number of nitrogens with zero attached hydrogens (tertiary/aromatic N) is 2. The van der Waals surface area contributed by atoms with Crippen molar-refractivity contribution in [3.05, 3.63) is 53.6 Å². The zero-order chi connectivity index (χ0) is 26.5. The lowest BCUT2D eigenvalue weighted by molar-refractivity contribution is -0.137. The second kappa shape index (κ2) is 11.5. The van der Waals surface area contributed by atoms with Crippen molar-refractivity contribution in [1.82, 2.24) is 4.90 Å². The fraction of sp³-hybridized carbons (Fsp3) is 0.480. The van der Waals surface area contributed by atoms with Crippen LogP contribution >= 0.6 is 0 Å². The molecule has 3 rings (SSSR count). The lowest BCUT2D eigenvalue weighted by Gasteiger charge is -2.26. The molecule has 198 valence electrons. The molecule has 0 spiro atoms. The van der Waals surface area contributed by atoms with Gasteiger partial charge in [0.1, 0.15) is 10.6 Å². The van der Waals surface area contributed by atoms with Gasteiger partial charge in [0, 0.05) is 57.0 Å². The van der Waals surface area contributed by atoms with Gasteiger partial charge in [-0.2, -0.15) is 21.6 Å². The van der Waals surface area contributed by atoms with Crippen LogP contribution in [0.4, 0.5) is 18.9 Å². The summed E-state index contributed by atoms with van der Waals surface area (Å²) < 4.78 is 76.7. The molecular weight excluding hydrogens is 497 g/mol. The summed E-state index contributed by atoms with van der Waals surface area (Å²) in [4.78, 5) is 15.3. The number of anilines is 1. The number of alkyl halides is 3. The van der Waals surface area contributed by atoms with E-state index in [0.717, 1.165) is 31.0 Å². The van der Waals surface area contributed by atoms with E-state index < -0.39 is 26.8 Å². The Morgan fingerprint density at radius 1 is 1.14 bits per heavy atom. The van der Waals surface area contributed by atoms with Crippen molar-refractivity contribution in [2.75, 3.05) is 31.1 Å². The van der Waals surface area contributed by atoms with Gasteiger partial charge in [0.15, 0.2) is 0 Å². The Labute approximate surface area is 209 Å². The number of rotatable bonds is 10. The molecule has 1 aliphatic rings. The highest BCUT2D eigenvalue weighted by Crippen LogP contribution is 2.33. The molecule has 11 heteroatoms. The standard InChI is InChI=1S/C25H31F3N2O5S/c1-4-29(5-2)21-12-11-19(16-30(18(3)31)17-22-9-7-13-34-22)24(15-21)35-36(32,33)23-10-6-8-20(14-23)25(26,27)28/h6,8,10-12,14-15,22H,4-5,7,9,13,16-17H2,1-3H3/t22-/m1/s1. The van der Waals surface area contributed by atoms with Gasteiger partial charge in [0.2, 0.25) is 5.91 Å². The first-order chi connectivity index (χ1) is 16.9. The summed E-state index contributed by atoms with van der Waals surface area (Å²) in [6.07, 6.45) is -3.10. The zero-order valence-electron chi connectivity index (χ0n) is 20.5. The summed E-state index contributed by atoms with van der Waals surface area (Å²) in [5.74, 6) is -0.264. The minimum Gasteiger partial charge on any atom is -0.379 e. The number of carbonyl (C=O) groups is 1. The van der Waals surface area contributed by atoms with Crippen LogP contribution in [-0.2, 0) is 32.4 Å². The predicted octanol–water partition coefficient (Wildman–Crippen LogP) is 4.85. The molecule has 0 N–H and O–H groups in total. The van der Waals surface area contributed by atoms with Crippen molar-refractivity contribution < 1.29 is 35.3 Å². The zero-order valence-corrected chi connectivity index (χ0v) is 21.4. The molecule has 1 atom stereocenters. The number of halogens is 3. The molecule has 0 radical (unpaired) electrons. The SMILES string of the molecule is CCN(CC)c1ccc(CN(C[C@H]2CCCO2)C(C)=O)c(OS(=O)(=O)c2cccc(C(F)(F)F)c2)c1. The first-order valence-electron chi connectivity index (χ1n) is 11.8. The summed E-state index contributed by atoms with van der Waals surface area (Å²) >= 11 is 0. The maximum Gasteiger partial charge on any atom is 0.416 e. The Balaban J connectivity index is 1.98. The van der Waals surface area contributed by atoms with Crippen molar-refractivity contribution in [2.24, 2.45) is 0 Å². The minimum atomic E-state index is -4.70. The monoisotopic (exact) mass is 528 g/mol. The van der Waals surface area contributed by atoms with Crippen molar-refractivity contribution in [2.45, 2.75) is 57.3 Å². The van der Waals surface area contributed by atoms with Crippen molar-refractivity contribution in [3.63, 3.8) is 0 Å². The van der Waals surface area contributed by atoms with Gasteiger partial charge >= 0.3 is 16.3 Å². The molecule has 0 saturated carbocycles. The number of ether oxygens (including phenoxy) is 1. The number of benzene rings is 2. The van der Waals surface area contributed by atoms with Crippen LogP contribution < -0.4 is 9.08 Å². The largest absolute Gasteiger partial charge is 0.416 e. The van der Waals surface area contributed by atoms with Crippen LogP contribution in [0.3, 0.4) is 0 Å². The van der Waals surface area contributed by atoms with Gasteiger partial charge in [0.25, 0.3) is 0 Å². The van der Waals surface area contributed by atoms with Crippen LogP contribution in [0.2, 0.25) is 0 Å². The topological polar surface area (TPSA) is 76.2 Å². The molecule has 7 nitrogen and oxygen atoms in total. The fourth-order valence-corrected chi connectivity index (χ4v) is 5.08. The highest BCUT2D eigenvalue weighted by Gasteiger charge is 2.32. The molecule has 1 fully saturated rings. The fourth-order valence-electron chi connectivity index (χ4n) is 4.08. The molecular formula is C25H31F3N2O5S. The van der Waals surface area contributed by atoms with Crippen molar-refractivity contribution in [1.29, 1.82) is 0 Å². The molecule has 1 aliphatic heterocycles. The predicted molar refractivity (Wildman–Crippen MR) is 129 cm³/mol. The second-order valence-electron chi connectivity index (χ2n) is 8.56. The van der Waals surface area contributed by atoms with Gasteiger partial charge in [-0.05, 0) is 51.0 Å². The molecule has 0 unspecified atom stereocenters. The van der Waals surface area contributed by atoms with Crippen LogP contribution in [0, 0.1) is 0 Å². The van der Waals surface area contributed by atoms with E-state index in [1.807, 2.05) is 18.7 Å². The molecule has 1 heterocycles. The highest BCUT2D eigenvalue weighted by molar-refractivity contribution is 7.87. The number of hydrogen-bond acceptors (Lipinski definition) is 6. The van der Waals surface area contributed by atoms with Gasteiger partial charge in [-0.25, -0.2) is 0 Å². The average Bonchev–Trinajstić information content (AvgIpc) is 3.33. The Bertz CT molecular complexity index is 1160. The Kier molecular flexibility index (Phi) is 8.89. The van der Waals surface area contributed by atoms with E-state index in [9.17, 15) is 26.4 Å². The van der Waals surface area contributed by atoms with Gasteiger partial charge in [-0.3, -0.25) is 4.79 Å². The lowest BCUT2D eigenvalue weighted by atomic mass is 10.1. The number of carbonyl (C=O) groups excluding carboxylic acids is 1. The van der Waals surface area contributed by atoms with Crippen molar-refractivity contribution >= 4 is 21.7 Å². The van der Waals surface area contributed by atoms with Crippen molar-refractivity contribution in [3.8, 4) is 5.75 Å². The highest BCUT2D eigenvalue weighted by atomic mass is 32.2. The van der Waals surface area contributed by atoms with Gasteiger partial charge in [0.05, 0.1) is 11.7 Å². The summed E-state index contributed by atoms with van der Waals surface area (Å²) in [5, 5.41) is 0. The van der Waals surface area contributed by atoms with Crippen LogP contribution in [-0.4, -0.2) is 51.6 Å². The third kappa shape index (κ3) is 6.91. The van der Waals surface area contributed by atoms with E-state index in [2.05, 4.69) is 0 Å². The quantitative estimate of drug-likeness (QED) is 0.411. The van der Waals surface area contributed by atoms with E-state index in [0.29, 0.717) is 43.6 Å². The summed E-state index contributed by atoms with van der Waals surface area (Å²) in [6.45, 7) is 7.61. The minimum absolute atomic E-state index is 0.0459. The summed E-state index contributed by atoms with van der Waals surface area (Å²) in [6, 6.07) is 8.43. The number of amides is 1. The molecule has 36 heavy (non-hydrogen) atoms. The first kappa shape index (κ1) is 27.8. The molecule has 0 aliphatic carbocycles. The molecule has 0 bridgehead atoms. The van der Waals surface area contributed by atoms with Crippen LogP contribution in [0.25, 0.3) is 0 Å². The number of hydrogen-bond donors (Lipinski definition) is 0. The van der Waals surface area contributed by atoms with Gasteiger partial charge < -0.3 is 18.7 Å². The lowest BCUT2D eigenvalue weighted by Crippen LogP contribution is -2.35. The first-order valence-corrected chi connectivity index (χ1v) is 13.2. The van der Waals surface area contributed by atoms with E-state index >= 15 is 0 Å². The van der Waals surface area contributed by atoms with Crippen LogP contribution in [0.15, 0.2) is 47.4 Å². The molecule has 1 saturated heterocycles. The third-order valence-electron chi connectivity index (χ3n) is 6.08. The Hall–Kier alpha value is -2.79. The average molecular weight is 529 g/mol. The maximum atomic E-state index is 13.2. The normalized spacial score (nSPS) is 16.1. The Morgan fingerprint density at radius 2 is 1.86 bits per heavy atom. The van der Waals surface area contributed by atoms with Crippen LogP contribution in [0.1, 0.15) is 44.7 Å². The van der Waals surface area contributed by atoms with Gasteiger partial charge in [-0.1, -0.05) is 12.1 Å². The summed E-state index contributed by atoms with van der Waals surface area (Å²) in [5.41, 5.74) is 0.00440. The molecule has 2 aromatic carbocycles. The van der Waals surface area contributed by atoms with E-state index in [1.165, 1.54) is 13.0 Å². The molecule has 0 aromatic heterocycles. The van der Waals surface area contributed by atoms with E-state index in [-0.39, 0.29) is 24.3 Å². The van der Waals surface area contributed by atoms with Crippen LogP contribution in [0.5, 0.6) is 5.75 Å². The Morgan fingerprint density at radius 3 is 2.44 bits per heavy atom. The maximum absolute atomic E-state index is 13.2. The van der Waals surface area contributed by atoms with E-state index in [1.54, 1.807) is 17.0 Å². The third-order valence-corrected chi connectivity index (χ3v) is 7.31. The molecule has 2 aromatic rings. The summed E-state index contributed by atoms with van der Waals surface area (Å²) in [7, 11) is -4.60. The smallest absolute Gasteiger partial charge is 0.379 e. The van der Waals surface area contributed by atoms with Gasteiger partial charge in [-0.15, -0.1) is 0 Å². The second-order valence-corrected chi connectivity index (χ2v) is 10.1.